The molecule has 8 nitrogen and oxygen atoms in total. The van der Waals surface area contributed by atoms with E-state index in [9.17, 15) is 9.90 Å². The molecule has 0 saturated heterocycles. The van der Waals surface area contributed by atoms with Gasteiger partial charge in [0.1, 0.15) is 17.1 Å². The quantitative estimate of drug-likeness (QED) is 0.550. The minimum Gasteiger partial charge on any atom is -0.495 e. The molecule has 0 spiro atoms. The first kappa shape index (κ1) is 22.4. The van der Waals surface area contributed by atoms with Crippen molar-refractivity contribution in [2.24, 2.45) is 7.05 Å². The first-order valence-corrected chi connectivity index (χ1v) is 9.53. The Labute approximate surface area is 218 Å². The number of carboxylic acids is 1. The molecule has 1 radical (unpaired) electrons. The summed E-state index contributed by atoms with van der Waals surface area (Å²) in [6, 6.07) is 5.61. The Balaban J connectivity index is 0.00000240. The summed E-state index contributed by atoms with van der Waals surface area (Å²) in [7, 11) is 3.24. The van der Waals surface area contributed by atoms with Crippen LogP contribution in [0.2, 0.25) is 0 Å². The number of aryl methyl sites for hydroxylation is 2. The second-order valence-corrected chi connectivity index (χ2v) is 7.41. The van der Waals surface area contributed by atoms with E-state index in [2.05, 4.69) is 36.3 Å². The van der Waals surface area contributed by atoms with Crippen molar-refractivity contribution >= 4 is 84.9 Å². The largest absolute Gasteiger partial charge is 0.495 e. The van der Waals surface area contributed by atoms with Crippen LogP contribution in [0, 0.1) is 0 Å². The fourth-order valence-corrected chi connectivity index (χ4v) is 3.80. The SMILES string of the molecule is COc1cc(Br)ccc1Nc1ncc2c(n1)-c1nn(C)c(C(=O)O)c1CCC2.[K]. The summed E-state index contributed by atoms with van der Waals surface area (Å²) >= 11 is 3.42. The van der Waals surface area contributed by atoms with Crippen LogP contribution in [0.15, 0.2) is 28.9 Å². The Hall–Kier alpha value is -1.30. The summed E-state index contributed by atoms with van der Waals surface area (Å²) in [4.78, 5) is 20.7. The number of nitrogens with zero attached hydrogens (tertiary/aromatic N) is 4. The van der Waals surface area contributed by atoms with Gasteiger partial charge in [-0.3, -0.25) is 4.68 Å². The predicted molar refractivity (Wildman–Crippen MR) is 113 cm³/mol. The van der Waals surface area contributed by atoms with E-state index in [0.29, 0.717) is 29.5 Å². The van der Waals surface area contributed by atoms with Crippen LogP contribution in [-0.4, -0.2) is 89.3 Å². The van der Waals surface area contributed by atoms with Crippen LogP contribution < -0.4 is 10.1 Å². The monoisotopic (exact) mass is 482 g/mol. The average Bonchev–Trinajstić information content (AvgIpc) is 2.90. The molecule has 0 atom stereocenters. The van der Waals surface area contributed by atoms with E-state index < -0.39 is 5.97 Å². The molecule has 0 bridgehead atoms. The second-order valence-electron chi connectivity index (χ2n) is 6.50. The summed E-state index contributed by atoms with van der Waals surface area (Å²) in [6.07, 6.45) is 4.02. The molecule has 3 aromatic rings. The Morgan fingerprint density at radius 1 is 1.31 bits per heavy atom. The molecule has 1 aromatic carbocycles. The molecular formula is C19H18BrKN5O3. The van der Waals surface area contributed by atoms with Gasteiger partial charge in [0.15, 0.2) is 0 Å². The number of carbonyl (C=O) groups is 1. The van der Waals surface area contributed by atoms with Crippen LogP contribution in [0.4, 0.5) is 11.6 Å². The summed E-state index contributed by atoms with van der Waals surface area (Å²) in [5.41, 5.74) is 3.91. The third-order valence-electron chi connectivity index (χ3n) is 4.72. The third kappa shape index (κ3) is 4.42. The van der Waals surface area contributed by atoms with E-state index in [0.717, 1.165) is 34.1 Å². The van der Waals surface area contributed by atoms with E-state index in [1.807, 2.05) is 18.2 Å². The van der Waals surface area contributed by atoms with Gasteiger partial charge in [-0.15, -0.1) is 0 Å². The van der Waals surface area contributed by atoms with Gasteiger partial charge in [0.25, 0.3) is 0 Å². The van der Waals surface area contributed by atoms with E-state index in [1.165, 1.54) is 4.68 Å². The summed E-state index contributed by atoms with van der Waals surface area (Å²) in [5.74, 6) is 0.0704. The molecule has 2 heterocycles. The van der Waals surface area contributed by atoms with Crippen molar-refractivity contribution in [1.29, 1.82) is 0 Å². The minimum absolute atomic E-state index is 0. The number of aromatic nitrogens is 4. The van der Waals surface area contributed by atoms with Gasteiger partial charge in [0, 0.05) is 74.7 Å². The first-order valence-electron chi connectivity index (χ1n) is 8.74. The number of halogens is 1. The van der Waals surface area contributed by atoms with Gasteiger partial charge in [-0.05, 0) is 43.0 Å². The zero-order valence-corrected chi connectivity index (χ0v) is 21.1. The van der Waals surface area contributed by atoms with Crippen molar-refractivity contribution in [2.75, 3.05) is 12.4 Å². The first-order chi connectivity index (χ1) is 13.5. The smallest absolute Gasteiger partial charge is 0.354 e. The van der Waals surface area contributed by atoms with E-state index in [1.54, 1.807) is 20.4 Å². The number of ether oxygens (including phenoxy) is 1. The van der Waals surface area contributed by atoms with Crippen LogP contribution in [0.1, 0.15) is 28.0 Å². The van der Waals surface area contributed by atoms with Crippen LogP contribution >= 0.6 is 15.9 Å². The number of carboxylic acid groups (broad SMARTS) is 1. The number of hydrogen-bond donors (Lipinski definition) is 2. The average molecular weight is 483 g/mol. The fourth-order valence-electron chi connectivity index (χ4n) is 3.46. The maximum atomic E-state index is 11.7. The van der Waals surface area contributed by atoms with E-state index >= 15 is 0 Å². The van der Waals surface area contributed by atoms with Crippen molar-refractivity contribution < 1.29 is 14.6 Å². The fraction of sp³-hybridized carbons (Fsp3) is 0.263. The van der Waals surface area contributed by atoms with Crippen molar-refractivity contribution in [2.45, 2.75) is 19.3 Å². The number of hydrogen-bond acceptors (Lipinski definition) is 6. The van der Waals surface area contributed by atoms with Crippen molar-refractivity contribution in [3.63, 3.8) is 0 Å². The Morgan fingerprint density at radius 2 is 2.10 bits per heavy atom. The van der Waals surface area contributed by atoms with Crippen LogP contribution in [0.3, 0.4) is 0 Å². The predicted octanol–water partition coefficient (Wildman–Crippen LogP) is 3.20. The van der Waals surface area contributed by atoms with Crippen LogP contribution in [-0.2, 0) is 19.9 Å². The summed E-state index contributed by atoms with van der Waals surface area (Å²) in [6.45, 7) is 0. The molecule has 29 heavy (non-hydrogen) atoms. The van der Waals surface area contributed by atoms with E-state index in [-0.39, 0.29) is 57.1 Å². The number of fused-ring (bicyclic) bond motifs is 3. The molecule has 0 fully saturated rings. The number of methoxy groups -OCH3 is 1. The zero-order chi connectivity index (χ0) is 19.8. The molecule has 0 saturated carbocycles. The maximum Gasteiger partial charge on any atom is 0.354 e. The Kier molecular flexibility index (Phi) is 7.13. The molecule has 2 aromatic heterocycles. The summed E-state index contributed by atoms with van der Waals surface area (Å²) in [5, 5.41) is 17.2. The van der Waals surface area contributed by atoms with Gasteiger partial charge in [-0.25, -0.2) is 14.8 Å². The van der Waals surface area contributed by atoms with Gasteiger partial charge in [0.05, 0.1) is 18.5 Å². The minimum atomic E-state index is -0.980. The Morgan fingerprint density at radius 3 is 2.83 bits per heavy atom. The van der Waals surface area contributed by atoms with Gasteiger partial charge < -0.3 is 15.2 Å². The molecule has 0 aliphatic heterocycles. The summed E-state index contributed by atoms with van der Waals surface area (Å²) < 4.78 is 7.72. The number of aromatic carboxylic acids is 1. The van der Waals surface area contributed by atoms with Crippen LogP contribution in [0.5, 0.6) is 5.75 Å². The molecule has 2 N–H and O–H groups in total. The van der Waals surface area contributed by atoms with Gasteiger partial charge in [-0.2, -0.15) is 5.10 Å². The molecule has 0 amide bonds. The molecule has 1 aliphatic carbocycles. The van der Waals surface area contributed by atoms with Crippen molar-refractivity contribution in [3.8, 4) is 17.1 Å². The second kappa shape index (κ2) is 9.23. The third-order valence-corrected chi connectivity index (χ3v) is 5.21. The molecule has 4 rings (SSSR count). The molecule has 145 valence electrons. The number of nitrogens with one attached hydrogen (secondary N) is 1. The topological polar surface area (TPSA) is 102 Å². The molecular weight excluding hydrogens is 465 g/mol. The number of benzene rings is 1. The molecule has 1 aliphatic rings. The van der Waals surface area contributed by atoms with Crippen LogP contribution in [0.25, 0.3) is 11.4 Å². The zero-order valence-electron chi connectivity index (χ0n) is 16.4. The number of rotatable bonds is 4. The van der Waals surface area contributed by atoms with Gasteiger partial charge in [-0.1, -0.05) is 15.9 Å². The molecule has 0 unspecified atom stereocenters. The molecule has 10 heteroatoms. The standard InChI is InChI=1S/C19H18BrN5O3.K/c1-25-17(18(26)27)12-5-3-4-10-9-21-19(23-15(10)16(12)24-25)22-13-7-6-11(20)8-14(13)28-2;/h6-9H,3-5H2,1-2H3,(H,26,27)(H,21,22,23);. The van der Waals surface area contributed by atoms with E-state index in [4.69, 9.17) is 4.74 Å². The number of anilines is 2. The van der Waals surface area contributed by atoms with Crippen molar-refractivity contribution in [1.82, 2.24) is 19.7 Å². The Bertz CT molecular complexity index is 1090. The maximum absolute atomic E-state index is 11.7. The van der Waals surface area contributed by atoms with Gasteiger partial charge >= 0.3 is 5.97 Å². The van der Waals surface area contributed by atoms with Gasteiger partial charge in [0.2, 0.25) is 5.95 Å². The van der Waals surface area contributed by atoms with Crippen molar-refractivity contribution in [3.05, 3.63) is 45.7 Å². The normalized spacial score (nSPS) is 12.2.